The lowest BCUT2D eigenvalue weighted by Crippen LogP contribution is -1.98. The van der Waals surface area contributed by atoms with Crippen LogP contribution in [0.15, 0.2) is 59.1 Å². The van der Waals surface area contributed by atoms with Crippen LogP contribution in [-0.4, -0.2) is 28.3 Å². The van der Waals surface area contributed by atoms with Crippen LogP contribution in [0.2, 0.25) is 0 Å². The molecule has 4 rings (SSSR count). The van der Waals surface area contributed by atoms with E-state index in [1.165, 1.54) is 0 Å². The number of fused-ring (bicyclic) bond motifs is 1. The molecule has 0 aliphatic carbocycles. The van der Waals surface area contributed by atoms with Gasteiger partial charge in [0.15, 0.2) is 0 Å². The quantitative estimate of drug-likeness (QED) is 0.494. The molecule has 0 atom stereocenters. The van der Waals surface area contributed by atoms with Gasteiger partial charge in [0.1, 0.15) is 5.75 Å². The SMILES string of the molecule is CCOc1ccccc1-c1nc(-c2cc3ccccc3nc2OCC)no1. The molecule has 2 aromatic carbocycles. The largest absolute Gasteiger partial charge is 0.493 e. The maximum absolute atomic E-state index is 5.72. The van der Waals surface area contributed by atoms with Crippen LogP contribution in [0.3, 0.4) is 0 Å². The van der Waals surface area contributed by atoms with E-state index in [-0.39, 0.29) is 0 Å². The van der Waals surface area contributed by atoms with E-state index in [9.17, 15) is 0 Å². The summed E-state index contributed by atoms with van der Waals surface area (Å²) in [6, 6.07) is 17.4. The zero-order valence-electron chi connectivity index (χ0n) is 15.2. The van der Waals surface area contributed by atoms with Gasteiger partial charge >= 0.3 is 0 Å². The molecule has 0 saturated heterocycles. The highest BCUT2D eigenvalue weighted by Gasteiger charge is 2.19. The van der Waals surface area contributed by atoms with Gasteiger partial charge in [-0.05, 0) is 38.1 Å². The van der Waals surface area contributed by atoms with E-state index in [1.807, 2.05) is 68.4 Å². The predicted octanol–water partition coefficient (Wildman–Crippen LogP) is 4.75. The van der Waals surface area contributed by atoms with E-state index in [2.05, 4.69) is 15.1 Å². The minimum Gasteiger partial charge on any atom is -0.493 e. The number of hydrogen-bond donors (Lipinski definition) is 0. The summed E-state index contributed by atoms with van der Waals surface area (Å²) >= 11 is 0. The van der Waals surface area contributed by atoms with Crippen LogP contribution in [0.5, 0.6) is 11.6 Å². The second kappa shape index (κ2) is 7.45. The van der Waals surface area contributed by atoms with Gasteiger partial charge in [-0.2, -0.15) is 4.98 Å². The van der Waals surface area contributed by atoms with Gasteiger partial charge < -0.3 is 14.0 Å². The van der Waals surface area contributed by atoms with Crippen LogP contribution >= 0.6 is 0 Å². The van der Waals surface area contributed by atoms with Crippen molar-refractivity contribution in [1.29, 1.82) is 0 Å². The van der Waals surface area contributed by atoms with Crippen molar-refractivity contribution in [3.8, 4) is 34.5 Å². The highest BCUT2D eigenvalue weighted by Crippen LogP contribution is 2.33. The van der Waals surface area contributed by atoms with E-state index in [4.69, 9.17) is 14.0 Å². The lowest BCUT2D eigenvalue weighted by Gasteiger charge is -2.08. The predicted molar refractivity (Wildman–Crippen MR) is 103 cm³/mol. The van der Waals surface area contributed by atoms with Gasteiger partial charge in [-0.1, -0.05) is 35.5 Å². The molecule has 0 unspecified atom stereocenters. The third-order valence-corrected chi connectivity index (χ3v) is 4.05. The summed E-state index contributed by atoms with van der Waals surface area (Å²) in [5.41, 5.74) is 2.30. The third kappa shape index (κ3) is 3.33. The second-order valence-corrected chi connectivity index (χ2v) is 5.82. The monoisotopic (exact) mass is 361 g/mol. The van der Waals surface area contributed by atoms with E-state index < -0.39 is 0 Å². The van der Waals surface area contributed by atoms with Crippen molar-refractivity contribution < 1.29 is 14.0 Å². The standard InChI is InChI=1S/C21H19N3O3/c1-3-25-18-12-8-6-10-15(18)21-23-19(24-27-21)16-13-14-9-5-7-11-17(14)22-20(16)26-4-2/h5-13H,3-4H2,1-2H3. The molecule has 136 valence electrons. The fraction of sp³-hybridized carbons (Fsp3) is 0.190. The number of benzene rings is 2. The van der Waals surface area contributed by atoms with Gasteiger partial charge in [-0.25, -0.2) is 4.98 Å². The normalized spacial score (nSPS) is 10.9. The average molecular weight is 361 g/mol. The highest BCUT2D eigenvalue weighted by molar-refractivity contribution is 5.85. The van der Waals surface area contributed by atoms with E-state index in [0.717, 1.165) is 16.5 Å². The van der Waals surface area contributed by atoms with Crippen LogP contribution in [-0.2, 0) is 0 Å². The number of ether oxygens (including phenoxy) is 2. The maximum Gasteiger partial charge on any atom is 0.262 e. The summed E-state index contributed by atoms with van der Waals surface area (Å²) in [6.45, 7) is 4.91. The number of nitrogens with zero attached hydrogens (tertiary/aromatic N) is 3. The van der Waals surface area contributed by atoms with Crippen LogP contribution in [0.4, 0.5) is 0 Å². The van der Waals surface area contributed by atoms with Crippen molar-refractivity contribution >= 4 is 10.9 Å². The summed E-state index contributed by atoms with van der Waals surface area (Å²) < 4.78 is 16.9. The first-order chi connectivity index (χ1) is 13.3. The first-order valence-corrected chi connectivity index (χ1v) is 8.89. The fourth-order valence-corrected chi connectivity index (χ4v) is 2.87. The zero-order chi connectivity index (χ0) is 18.6. The molecule has 4 aromatic rings. The summed E-state index contributed by atoms with van der Waals surface area (Å²) in [7, 11) is 0. The fourth-order valence-electron chi connectivity index (χ4n) is 2.87. The number of aromatic nitrogens is 3. The molecule has 0 radical (unpaired) electrons. The van der Waals surface area contributed by atoms with Gasteiger partial charge in [0, 0.05) is 5.39 Å². The molecule has 2 heterocycles. The minimum atomic E-state index is 0.393. The summed E-state index contributed by atoms with van der Waals surface area (Å²) in [6.07, 6.45) is 0. The highest BCUT2D eigenvalue weighted by atomic mass is 16.5. The van der Waals surface area contributed by atoms with Crippen LogP contribution < -0.4 is 9.47 Å². The Morgan fingerprint density at radius 1 is 0.852 bits per heavy atom. The van der Waals surface area contributed by atoms with Gasteiger partial charge in [-0.15, -0.1) is 0 Å². The van der Waals surface area contributed by atoms with Crippen molar-refractivity contribution in [2.45, 2.75) is 13.8 Å². The molecule has 0 amide bonds. The minimum absolute atomic E-state index is 0.393. The first-order valence-electron chi connectivity index (χ1n) is 8.89. The molecule has 0 aliphatic rings. The van der Waals surface area contributed by atoms with Crippen LogP contribution in [0.1, 0.15) is 13.8 Å². The van der Waals surface area contributed by atoms with Crippen LogP contribution in [0.25, 0.3) is 33.7 Å². The summed E-state index contributed by atoms with van der Waals surface area (Å²) in [5, 5.41) is 5.14. The number of para-hydroxylation sites is 2. The molecule has 0 N–H and O–H groups in total. The first kappa shape index (κ1) is 17.0. The Morgan fingerprint density at radius 3 is 2.48 bits per heavy atom. The maximum atomic E-state index is 5.72. The van der Waals surface area contributed by atoms with E-state index >= 15 is 0 Å². The van der Waals surface area contributed by atoms with Gasteiger partial charge in [-0.3, -0.25) is 0 Å². The molecule has 0 saturated carbocycles. The lowest BCUT2D eigenvalue weighted by molar-refractivity contribution is 0.329. The Balaban J connectivity index is 1.80. The van der Waals surface area contributed by atoms with Crippen molar-refractivity contribution in [3.63, 3.8) is 0 Å². The van der Waals surface area contributed by atoms with Gasteiger partial charge in [0.05, 0.1) is 29.9 Å². The molecular weight excluding hydrogens is 342 g/mol. The molecule has 27 heavy (non-hydrogen) atoms. The Labute approximate surface area is 156 Å². The molecule has 0 fully saturated rings. The van der Waals surface area contributed by atoms with E-state index in [0.29, 0.717) is 42.1 Å². The Morgan fingerprint density at radius 2 is 1.63 bits per heavy atom. The van der Waals surface area contributed by atoms with Crippen molar-refractivity contribution in [3.05, 3.63) is 54.6 Å². The molecule has 6 heteroatoms. The second-order valence-electron chi connectivity index (χ2n) is 5.82. The summed E-state index contributed by atoms with van der Waals surface area (Å²) in [4.78, 5) is 9.17. The molecule has 6 nitrogen and oxygen atoms in total. The Bertz CT molecular complexity index is 1080. The molecule has 0 aliphatic heterocycles. The third-order valence-electron chi connectivity index (χ3n) is 4.05. The van der Waals surface area contributed by atoms with E-state index in [1.54, 1.807) is 0 Å². The average Bonchev–Trinajstić information content (AvgIpc) is 3.18. The van der Waals surface area contributed by atoms with Gasteiger partial charge in [0.2, 0.25) is 11.7 Å². The Hall–Kier alpha value is -3.41. The number of rotatable bonds is 6. The molecular formula is C21H19N3O3. The number of hydrogen-bond acceptors (Lipinski definition) is 6. The smallest absolute Gasteiger partial charge is 0.262 e. The van der Waals surface area contributed by atoms with Crippen molar-refractivity contribution in [2.75, 3.05) is 13.2 Å². The molecule has 0 bridgehead atoms. The van der Waals surface area contributed by atoms with Crippen molar-refractivity contribution in [2.24, 2.45) is 0 Å². The summed E-state index contributed by atoms with van der Waals surface area (Å²) in [5.74, 6) is 2.01. The molecule has 0 spiro atoms. The topological polar surface area (TPSA) is 70.3 Å². The number of pyridine rings is 1. The zero-order valence-corrected chi connectivity index (χ0v) is 15.2. The van der Waals surface area contributed by atoms with Crippen LogP contribution in [0, 0.1) is 0 Å². The Kier molecular flexibility index (Phi) is 4.70. The lowest BCUT2D eigenvalue weighted by atomic mass is 10.1. The van der Waals surface area contributed by atoms with Gasteiger partial charge in [0.25, 0.3) is 5.89 Å². The molecule has 2 aromatic heterocycles. The van der Waals surface area contributed by atoms with Crippen molar-refractivity contribution in [1.82, 2.24) is 15.1 Å².